The Morgan fingerprint density at radius 1 is 1.38 bits per heavy atom. The van der Waals surface area contributed by atoms with Crippen molar-refractivity contribution in [1.82, 2.24) is 0 Å². The molecule has 0 radical (unpaired) electrons. The van der Waals surface area contributed by atoms with Crippen LogP contribution in [0.25, 0.3) is 0 Å². The fourth-order valence-corrected chi connectivity index (χ4v) is 0.904. The maximum atomic E-state index is 8.96. The number of nitrogens with zero attached hydrogens (tertiary/aromatic N) is 2. The number of hydrogen-bond acceptors (Lipinski definition) is 4. The standard InChI is InChI=1S/C9H8N2O2/c10-6-8(11-13)5-7-1-3-9(12)4-2-7/h1-4,12-13H,5H2. The van der Waals surface area contributed by atoms with E-state index in [0.717, 1.165) is 5.56 Å². The highest BCUT2D eigenvalue weighted by Gasteiger charge is 2.00. The van der Waals surface area contributed by atoms with E-state index in [9.17, 15) is 0 Å². The average Bonchev–Trinajstić information content (AvgIpc) is 2.17. The normalized spacial score (nSPS) is 10.8. The van der Waals surface area contributed by atoms with E-state index < -0.39 is 0 Å². The summed E-state index contributed by atoms with van der Waals surface area (Å²) in [6.07, 6.45) is 0.271. The van der Waals surface area contributed by atoms with Crippen LogP contribution < -0.4 is 0 Å². The minimum absolute atomic E-state index is 0.0469. The Hall–Kier alpha value is -2.02. The maximum absolute atomic E-state index is 8.96. The fourth-order valence-electron chi connectivity index (χ4n) is 0.904. The summed E-state index contributed by atoms with van der Waals surface area (Å²) in [5.74, 6) is 0.170. The van der Waals surface area contributed by atoms with Crippen molar-refractivity contribution in [3.8, 4) is 11.8 Å². The lowest BCUT2D eigenvalue weighted by Gasteiger charge is -1.97. The molecule has 0 saturated carbocycles. The third kappa shape index (κ3) is 2.49. The zero-order chi connectivity index (χ0) is 9.68. The molecule has 0 unspecified atom stereocenters. The molecule has 0 heterocycles. The lowest BCUT2D eigenvalue weighted by molar-refractivity contribution is 0.319. The topological polar surface area (TPSA) is 76.6 Å². The molecule has 0 amide bonds. The minimum Gasteiger partial charge on any atom is -0.508 e. The van der Waals surface area contributed by atoms with Crippen molar-refractivity contribution in [1.29, 1.82) is 5.26 Å². The van der Waals surface area contributed by atoms with Crippen LogP contribution in [0.5, 0.6) is 5.75 Å². The summed E-state index contributed by atoms with van der Waals surface area (Å²) in [6.45, 7) is 0. The van der Waals surface area contributed by atoms with Gasteiger partial charge < -0.3 is 10.3 Å². The molecule has 0 aromatic heterocycles. The summed E-state index contributed by atoms with van der Waals surface area (Å²) in [5, 5.41) is 28.6. The second-order valence-corrected chi connectivity index (χ2v) is 2.50. The van der Waals surface area contributed by atoms with Gasteiger partial charge in [0.2, 0.25) is 0 Å². The van der Waals surface area contributed by atoms with Gasteiger partial charge in [0.1, 0.15) is 11.8 Å². The third-order valence-corrected chi connectivity index (χ3v) is 1.56. The van der Waals surface area contributed by atoms with Crippen molar-refractivity contribution in [2.24, 2.45) is 5.16 Å². The van der Waals surface area contributed by atoms with Crippen molar-refractivity contribution >= 4 is 5.71 Å². The molecule has 4 heteroatoms. The molecule has 13 heavy (non-hydrogen) atoms. The zero-order valence-electron chi connectivity index (χ0n) is 6.81. The summed E-state index contributed by atoms with van der Waals surface area (Å²) in [4.78, 5) is 0. The van der Waals surface area contributed by atoms with Crippen LogP contribution in [0.4, 0.5) is 0 Å². The van der Waals surface area contributed by atoms with Gasteiger partial charge in [-0.3, -0.25) is 0 Å². The van der Waals surface area contributed by atoms with Crippen LogP contribution in [0.3, 0.4) is 0 Å². The smallest absolute Gasteiger partial charge is 0.161 e. The first-order chi connectivity index (χ1) is 6.26. The fraction of sp³-hybridized carbons (Fsp3) is 0.111. The van der Waals surface area contributed by atoms with Gasteiger partial charge in [-0.05, 0) is 17.7 Å². The van der Waals surface area contributed by atoms with Crippen molar-refractivity contribution in [3.63, 3.8) is 0 Å². The van der Waals surface area contributed by atoms with Gasteiger partial charge in [0.25, 0.3) is 0 Å². The number of oxime groups is 1. The Kier molecular flexibility index (Phi) is 2.87. The van der Waals surface area contributed by atoms with Crippen molar-refractivity contribution in [3.05, 3.63) is 29.8 Å². The molecule has 0 aliphatic heterocycles. The van der Waals surface area contributed by atoms with Gasteiger partial charge in [0.05, 0.1) is 0 Å². The molecule has 0 saturated heterocycles. The van der Waals surface area contributed by atoms with Crippen LogP contribution in [0.1, 0.15) is 5.56 Å². The largest absolute Gasteiger partial charge is 0.508 e. The van der Waals surface area contributed by atoms with Crippen LogP contribution in [0, 0.1) is 11.3 Å². The van der Waals surface area contributed by atoms with E-state index in [2.05, 4.69) is 5.16 Å². The van der Waals surface area contributed by atoms with Crippen LogP contribution in [-0.4, -0.2) is 16.0 Å². The maximum Gasteiger partial charge on any atom is 0.161 e. The van der Waals surface area contributed by atoms with E-state index in [1.807, 2.05) is 0 Å². The van der Waals surface area contributed by atoms with E-state index >= 15 is 0 Å². The molecule has 1 aromatic rings. The van der Waals surface area contributed by atoms with E-state index in [0.29, 0.717) is 0 Å². The molecule has 0 bridgehead atoms. The van der Waals surface area contributed by atoms with E-state index in [1.165, 1.54) is 12.1 Å². The molecule has 2 N–H and O–H groups in total. The SMILES string of the molecule is N#CC(Cc1ccc(O)cc1)=NO. The molecule has 4 nitrogen and oxygen atoms in total. The summed E-state index contributed by atoms with van der Waals surface area (Å²) in [6, 6.07) is 8.11. The van der Waals surface area contributed by atoms with Gasteiger partial charge >= 0.3 is 0 Å². The molecule has 1 aromatic carbocycles. The number of aromatic hydroxyl groups is 1. The van der Waals surface area contributed by atoms with E-state index in [4.69, 9.17) is 15.6 Å². The Balaban J connectivity index is 2.76. The van der Waals surface area contributed by atoms with Gasteiger partial charge in [-0.15, -0.1) is 0 Å². The summed E-state index contributed by atoms with van der Waals surface area (Å²) < 4.78 is 0. The molecule has 0 spiro atoms. The molecule has 0 aliphatic carbocycles. The first kappa shape index (κ1) is 9.07. The van der Waals surface area contributed by atoms with Gasteiger partial charge in [-0.25, -0.2) is 0 Å². The van der Waals surface area contributed by atoms with Gasteiger partial charge in [-0.1, -0.05) is 17.3 Å². The highest BCUT2D eigenvalue weighted by Crippen LogP contribution is 2.10. The lowest BCUT2D eigenvalue weighted by atomic mass is 10.1. The predicted octanol–water partition coefficient (Wildman–Crippen LogP) is 1.29. The first-order valence-corrected chi connectivity index (χ1v) is 3.65. The summed E-state index contributed by atoms with van der Waals surface area (Å²) >= 11 is 0. The number of phenols is 1. The highest BCUT2D eigenvalue weighted by atomic mass is 16.4. The van der Waals surface area contributed by atoms with Crippen molar-refractivity contribution in [2.75, 3.05) is 0 Å². The van der Waals surface area contributed by atoms with E-state index in [1.54, 1.807) is 18.2 Å². The third-order valence-electron chi connectivity index (χ3n) is 1.56. The molecule has 0 atom stereocenters. The number of benzene rings is 1. The van der Waals surface area contributed by atoms with Crippen LogP contribution in [0.15, 0.2) is 29.4 Å². The number of hydrogen-bond donors (Lipinski definition) is 2. The van der Waals surface area contributed by atoms with Crippen molar-refractivity contribution < 1.29 is 10.3 Å². The van der Waals surface area contributed by atoms with Gasteiger partial charge in [0.15, 0.2) is 5.71 Å². The van der Waals surface area contributed by atoms with E-state index in [-0.39, 0.29) is 17.9 Å². The molecule has 0 aliphatic rings. The molecule has 1 rings (SSSR count). The second-order valence-electron chi connectivity index (χ2n) is 2.50. The van der Waals surface area contributed by atoms with Crippen molar-refractivity contribution in [2.45, 2.75) is 6.42 Å². The molecular formula is C9H8N2O2. The Labute approximate surface area is 75.4 Å². The highest BCUT2D eigenvalue weighted by molar-refractivity contribution is 5.99. The average molecular weight is 176 g/mol. The first-order valence-electron chi connectivity index (χ1n) is 3.65. The number of nitriles is 1. The molecule has 0 fully saturated rings. The summed E-state index contributed by atoms with van der Waals surface area (Å²) in [7, 11) is 0. The van der Waals surface area contributed by atoms with Crippen LogP contribution in [0.2, 0.25) is 0 Å². The number of rotatable bonds is 2. The Morgan fingerprint density at radius 2 is 2.00 bits per heavy atom. The second kappa shape index (κ2) is 4.12. The molecular weight excluding hydrogens is 168 g/mol. The monoisotopic (exact) mass is 176 g/mol. The van der Waals surface area contributed by atoms with Crippen LogP contribution >= 0.6 is 0 Å². The Morgan fingerprint density at radius 3 is 2.46 bits per heavy atom. The summed E-state index contributed by atoms with van der Waals surface area (Å²) in [5.41, 5.74) is 0.859. The van der Waals surface area contributed by atoms with Gasteiger partial charge in [0, 0.05) is 6.42 Å². The minimum atomic E-state index is 0.0469. The van der Waals surface area contributed by atoms with Crippen LogP contribution in [-0.2, 0) is 6.42 Å². The number of phenolic OH excluding ortho intramolecular Hbond substituents is 1. The zero-order valence-corrected chi connectivity index (χ0v) is 6.81. The quantitative estimate of drug-likeness (QED) is 0.405. The Bertz CT molecular complexity index is 349. The predicted molar refractivity (Wildman–Crippen MR) is 46.6 cm³/mol. The van der Waals surface area contributed by atoms with Gasteiger partial charge in [-0.2, -0.15) is 5.26 Å². The lowest BCUT2D eigenvalue weighted by Crippen LogP contribution is -1.99. The molecule has 66 valence electrons.